The Balaban J connectivity index is 1.67. The highest BCUT2D eigenvalue weighted by molar-refractivity contribution is 5.61. The lowest BCUT2D eigenvalue weighted by molar-refractivity contribution is 0.0187. The van der Waals surface area contributed by atoms with E-state index in [1.807, 2.05) is 0 Å². The van der Waals surface area contributed by atoms with Crippen LogP contribution in [-0.2, 0) is 20.6 Å². The van der Waals surface area contributed by atoms with Crippen LogP contribution in [0.3, 0.4) is 0 Å². The van der Waals surface area contributed by atoms with Crippen LogP contribution in [0.5, 0.6) is 0 Å². The number of fused-ring (bicyclic) bond motifs is 1. The monoisotopic (exact) mass is 347 g/mol. The molecule has 1 aromatic carbocycles. The lowest BCUT2D eigenvalue weighted by Gasteiger charge is -2.37. The van der Waals surface area contributed by atoms with Crippen molar-refractivity contribution >= 4 is 6.16 Å². The molecule has 0 radical (unpaired) electrons. The van der Waals surface area contributed by atoms with E-state index in [0.29, 0.717) is 18.9 Å². The molecule has 2 unspecified atom stereocenters. The maximum Gasteiger partial charge on any atom is 0.513 e. The Morgan fingerprint density at radius 3 is 2.84 bits per heavy atom. The summed E-state index contributed by atoms with van der Waals surface area (Å²) in [5, 5.41) is 9.96. The van der Waals surface area contributed by atoms with Gasteiger partial charge in [-0.3, -0.25) is 4.90 Å². The van der Waals surface area contributed by atoms with E-state index in [0.717, 1.165) is 25.9 Å². The lowest BCUT2D eigenvalue weighted by atomic mass is 9.81. The highest BCUT2D eigenvalue weighted by Crippen LogP contribution is 2.37. The average molecular weight is 347 g/mol. The van der Waals surface area contributed by atoms with Crippen LogP contribution >= 0.6 is 0 Å². The maximum absolute atomic E-state index is 11.3. The Kier molecular flexibility index (Phi) is 5.60. The van der Waals surface area contributed by atoms with Gasteiger partial charge in [-0.25, -0.2) is 4.79 Å². The van der Waals surface area contributed by atoms with Crippen molar-refractivity contribution in [2.45, 2.75) is 25.4 Å². The number of aryl methyl sites for hydroxylation is 1. The first-order valence-electron chi connectivity index (χ1n) is 8.62. The molecule has 0 saturated heterocycles. The quantitative estimate of drug-likeness (QED) is 0.844. The molecule has 0 aromatic heterocycles. The van der Waals surface area contributed by atoms with Gasteiger partial charge in [-0.1, -0.05) is 24.3 Å². The highest BCUT2D eigenvalue weighted by atomic mass is 16.7. The lowest BCUT2D eigenvalue weighted by Crippen LogP contribution is -2.39. The van der Waals surface area contributed by atoms with Crippen molar-refractivity contribution in [1.29, 1.82) is 0 Å². The van der Waals surface area contributed by atoms with Gasteiger partial charge in [-0.15, -0.1) is 0 Å². The number of carbonyl (C=O) groups excluding carboxylic acids is 1. The van der Waals surface area contributed by atoms with Gasteiger partial charge in [0.1, 0.15) is 5.76 Å². The van der Waals surface area contributed by atoms with Gasteiger partial charge in [-0.2, -0.15) is 0 Å². The summed E-state index contributed by atoms with van der Waals surface area (Å²) in [6.07, 6.45) is 1.82. The SMILES string of the molecule is COC(=O)OC1=C(O)CCN(CC2CCc3ccccc3C2OC)C1. The Labute approximate surface area is 148 Å². The Hall–Kier alpha value is -2.05. The molecule has 6 nitrogen and oxygen atoms in total. The number of methoxy groups -OCH3 is 2. The molecule has 2 aliphatic rings. The van der Waals surface area contributed by atoms with Gasteiger partial charge < -0.3 is 19.3 Å². The molecule has 0 fully saturated rings. The molecular weight excluding hydrogens is 322 g/mol. The van der Waals surface area contributed by atoms with E-state index in [9.17, 15) is 9.90 Å². The summed E-state index contributed by atoms with van der Waals surface area (Å²) in [4.78, 5) is 13.5. The van der Waals surface area contributed by atoms with Gasteiger partial charge in [0.15, 0.2) is 5.76 Å². The second kappa shape index (κ2) is 7.89. The first-order valence-corrected chi connectivity index (χ1v) is 8.62. The Bertz CT molecular complexity index is 657. The predicted molar refractivity (Wildman–Crippen MR) is 92.2 cm³/mol. The fourth-order valence-electron chi connectivity index (χ4n) is 3.79. The molecule has 1 aliphatic carbocycles. The highest BCUT2D eigenvalue weighted by Gasteiger charge is 2.32. The fourth-order valence-corrected chi connectivity index (χ4v) is 3.79. The average Bonchev–Trinajstić information content (AvgIpc) is 2.64. The largest absolute Gasteiger partial charge is 0.513 e. The van der Waals surface area contributed by atoms with Crippen LogP contribution < -0.4 is 0 Å². The van der Waals surface area contributed by atoms with Gasteiger partial charge >= 0.3 is 6.16 Å². The minimum Gasteiger partial charge on any atom is -0.509 e. The number of aliphatic hydroxyl groups excluding tert-OH is 1. The Morgan fingerprint density at radius 2 is 2.08 bits per heavy atom. The van der Waals surface area contributed by atoms with Crippen molar-refractivity contribution in [3.05, 3.63) is 46.9 Å². The molecule has 1 N–H and O–H groups in total. The summed E-state index contributed by atoms with van der Waals surface area (Å²) < 4.78 is 15.4. The molecule has 1 aromatic rings. The van der Waals surface area contributed by atoms with E-state index < -0.39 is 6.16 Å². The van der Waals surface area contributed by atoms with Gasteiger partial charge in [0.25, 0.3) is 0 Å². The van der Waals surface area contributed by atoms with Crippen molar-refractivity contribution in [2.75, 3.05) is 33.9 Å². The van der Waals surface area contributed by atoms with Gasteiger partial charge in [0, 0.05) is 32.5 Å². The number of hydrogen-bond acceptors (Lipinski definition) is 6. The van der Waals surface area contributed by atoms with Crippen LogP contribution in [0.25, 0.3) is 0 Å². The minimum absolute atomic E-state index is 0.0643. The molecule has 6 heteroatoms. The molecule has 1 aliphatic heterocycles. The standard InChI is InChI=1S/C19H25NO5/c1-23-18-14(8-7-13-5-3-4-6-15(13)18)11-20-10-9-16(21)17(12-20)25-19(22)24-2/h3-6,14,18,21H,7-12H2,1-2H3. The number of benzene rings is 1. The number of hydrogen-bond donors (Lipinski definition) is 1. The molecular formula is C19H25NO5. The third kappa shape index (κ3) is 3.96. The van der Waals surface area contributed by atoms with Crippen LogP contribution in [0, 0.1) is 5.92 Å². The second-order valence-corrected chi connectivity index (χ2v) is 6.57. The first-order chi connectivity index (χ1) is 12.1. The predicted octanol–water partition coefficient (Wildman–Crippen LogP) is 3.19. The van der Waals surface area contributed by atoms with Gasteiger partial charge in [0.2, 0.25) is 0 Å². The zero-order chi connectivity index (χ0) is 17.8. The van der Waals surface area contributed by atoms with Crippen LogP contribution in [0.15, 0.2) is 35.8 Å². The minimum atomic E-state index is -0.801. The molecule has 0 saturated carbocycles. The molecule has 136 valence electrons. The molecule has 0 spiro atoms. The van der Waals surface area contributed by atoms with Gasteiger partial charge in [-0.05, 0) is 24.0 Å². The van der Waals surface area contributed by atoms with Gasteiger partial charge in [0.05, 0.1) is 19.8 Å². The van der Waals surface area contributed by atoms with Crippen molar-refractivity contribution < 1.29 is 24.1 Å². The number of ether oxygens (including phenoxy) is 3. The molecule has 3 rings (SSSR count). The summed E-state index contributed by atoms with van der Waals surface area (Å²) >= 11 is 0. The van der Waals surface area contributed by atoms with Crippen LogP contribution in [0.1, 0.15) is 30.1 Å². The molecule has 0 bridgehead atoms. The van der Waals surface area contributed by atoms with E-state index in [-0.39, 0.29) is 17.6 Å². The van der Waals surface area contributed by atoms with Crippen LogP contribution in [-0.4, -0.2) is 50.0 Å². The molecule has 2 atom stereocenters. The van der Waals surface area contributed by atoms with Crippen molar-refractivity contribution in [1.82, 2.24) is 4.90 Å². The zero-order valence-electron chi connectivity index (χ0n) is 14.7. The topological polar surface area (TPSA) is 68.2 Å². The van der Waals surface area contributed by atoms with E-state index in [1.165, 1.54) is 18.2 Å². The second-order valence-electron chi connectivity index (χ2n) is 6.57. The first kappa shape index (κ1) is 17.8. The molecule has 1 heterocycles. The summed E-state index contributed by atoms with van der Waals surface area (Å²) in [7, 11) is 3.01. The zero-order valence-corrected chi connectivity index (χ0v) is 14.7. The van der Waals surface area contributed by atoms with E-state index in [1.54, 1.807) is 7.11 Å². The number of rotatable bonds is 4. The third-order valence-corrected chi connectivity index (χ3v) is 5.05. The van der Waals surface area contributed by atoms with Crippen molar-refractivity contribution in [3.63, 3.8) is 0 Å². The fraction of sp³-hybridized carbons (Fsp3) is 0.526. The molecule has 25 heavy (non-hydrogen) atoms. The number of aliphatic hydroxyl groups is 1. The normalized spacial score (nSPS) is 23.9. The smallest absolute Gasteiger partial charge is 0.509 e. The third-order valence-electron chi connectivity index (χ3n) is 5.05. The number of carbonyl (C=O) groups is 1. The summed E-state index contributed by atoms with van der Waals surface area (Å²) in [6.45, 7) is 1.96. The summed E-state index contributed by atoms with van der Waals surface area (Å²) in [5.74, 6) is 0.765. The van der Waals surface area contributed by atoms with Crippen LogP contribution in [0.2, 0.25) is 0 Å². The number of nitrogens with zero attached hydrogens (tertiary/aromatic N) is 1. The van der Waals surface area contributed by atoms with E-state index >= 15 is 0 Å². The molecule has 0 amide bonds. The summed E-state index contributed by atoms with van der Waals surface area (Å²) in [5.41, 5.74) is 2.62. The van der Waals surface area contributed by atoms with Crippen LogP contribution in [0.4, 0.5) is 4.79 Å². The van der Waals surface area contributed by atoms with E-state index in [4.69, 9.17) is 9.47 Å². The van der Waals surface area contributed by atoms with E-state index in [2.05, 4.69) is 33.9 Å². The van der Waals surface area contributed by atoms with Crippen molar-refractivity contribution in [3.8, 4) is 0 Å². The Morgan fingerprint density at radius 1 is 1.28 bits per heavy atom. The summed E-state index contributed by atoms with van der Waals surface area (Å²) in [6, 6.07) is 8.43. The van der Waals surface area contributed by atoms with Crippen molar-refractivity contribution in [2.24, 2.45) is 5.92 Å². The maximum atomic E-state index is 11.3.